The Morgan fingerprint density at radius 1 is 1.29 bits per heavy atom. The van der Waals surface area contributed by atoms with Crippen LogP contribution < -0.4 is 9.47 Å². The number of carbonyl (C=O) groups excluding carboxylic acids is 1. The molecule has 0 aliphatic carbocycles. The Morgan fingerprint density at radius 2 is 2.05 bits per heavy atom. The van der Waals surface area contributed by atoms with E-state index in [4.69, 9.17) is 21.1 Å². The molecule has 0 bridgehead atoms. The van der Waals surface area contributed by atoms with Crippen molar-refractivity contribution in [3.8, 4) is 11.5 Å². The molecule has 2 rings (SSSR count). The maximum Gasteiger partial charge on any atom is 0.308 e. The molecular formula is C16H14BrClO3. The van der Waals surface area contributed by atoms with E-state index in [2.05, 4.69) is 15.9 Å². The molecule has 0 N–H and O–H groups in total. The van der Waals surface area contributed by atoms with Gasteiger partial charge in [-0.1, -0.05) is 33.6 Å². The van der Waals surface area contributed by atoms with Crippen molar-refractivity contribution >= 4 is 33.5 Å². The summed E-state index contributed by atoms with van der Waals surface area (Å²) in [6.07, 6.45) is 0. The standard InChI is InChI=1S/C16H14BrClO3/c1-10-14(17)4-3-5-16(10)20-9-12-8-13(21-11(2)19)6-7-15(12)18/h3-8H,9H2,1-2H3. The fourth-order valence-electron chi connectivity index (χ4n) is 1.79. The van der Waals surface area contributed by atoms with Crippen molar-refractivity contribution in [3.05, 3.63) is 57.0 Å². The summed E-state index contributed by atoms with van der Waals surface area (Å²) in [4.78, 5) is 11.0. The van der Waals surface area contributed by atoms with Gasteiger partial charge < -0.3 is 9.47 Å². The first kappa shape index (κ1) is 15.9. The first-order valence-electron chi connectivity index (χ1n) is 6.32. The van der Waals surface area contributed by atoms with Gasteiger partial charge in [0.2, 0.25) is 0 Å². The zero-order valence-corrected chi connectivity index (χ0v) is 14.0. The zero-order chi connectivity index (χ0) is 15.4. The van der Waals surface area contributed by atoms with Gasteiger partial charge in [-0.2, -0.15) is 0 Å². The van der Waals surface area contributed by atoms with Crippen LogP contribution in [0.2, 0.25) is 5.02 Å². The Morgan fingerprint density at radius 3 is 2.76 bits per heavy atom. The third-order valence-electron chi connectivity index (χ3n) is 2.88. The molecule has 2 aromatic rings. The summed E-state index contributed by atoms with van der Waals surface area (Å²) in [5.74, 6) is 0.863. The zero-order valence-electron chi connectivity index (χ0n) is 11.7. The van der Waals surface area contributed by atoms with Gasteiger partial charge in [-0.25, -0.2) is 0 Å². The van der Waals surface area contributed by atoms with Gasteiger partial charge in [-0.3, -0.25) is 4.79 Å². The molecule has 5 heteroatoms. The highest BCUT2D eigenvalue weighted by molar-refractivity contribution is 9.10. The number of esters is 1. The third kappa shape index (κ3) is 4.22. The Balaban J connectivity index is 2.15. The summed E-state index contributed by atoms with van der Waals surface area (Å²) in [5, 5.41) is 0.568. The van der Waals surface area contributed by atoms with Gasteiger partial charge in [-0.05, 0) is 37.3 Å². The van der Waals surface area contributed by atoms with Crippen molar-refractivity contribution in [2.24, 2.45) is 0 Å². The second-order valence-electron chi connectivity index (χ2n) is 4.50. The molecule has 0 radical (unpaired) electrons. The predicted molar refractivity (Wildman–Crippen MR) is 86.0 cm³/mol. The molecule has 0 saturated heterocycles. The van der Waals surface area contributed by atoms with Gasteiger partial charge in [0.05, 0.1) is 0 Å². The lowest BCUT2D eigenvalue weighted by atomic mass is 10.2. The van der Waals surface area contributed by atoms with E-state index in [1.807, 2.05) is 25.1 Å². The number of hydrogen-bond acceptors (Lipinski definition) is 3. The van der Waals surface area contributed by atoms with Crippen molar-refractivity contribution in [1.82, 2.24) is 0 Å². The lowest BCUT2D eigenvalue weighted by Crippen LogP contribution is -2.03. The van der Waals surface area contributed by atoms with Crippen LogP contribution in [-0.2, 0) is 11.4 Å². The van der Waals surface area contributed by atoms with Crippen LogP contribution in [0.15, 0.2) is 40.9 Å². The molecule has 0 heterocycles. The third-order valence-corrected chi connectivity index (χ3v) is 4.11. The molecular weight excluding hydrogens is 356 g/mol. The number of benzene rings is 2. The van der Waals surface area contributed by atoms with Crippen molar-refractivity contribution in [3.63, 3.8) is 0 Å². The highest BCUT2D eigenvalue weighted by Crippen LogP contribution is 2.28. The molecule has 0 saturated carbocycles. The van der Waals surface area contributed by atoms with E-state index < -0.39 is 0 Å². The lowest BCUT2D eigenvalue weighted by Gasteiger charge is -2.12. The summed E-state index contributed by atoms with van der Waals surface area (Å²) in [5.41, 5.74) is 1.78. The van der Waals surface area contributed by atoms with E-state index in [0.717, 1.165) is 21.3 Å². The normalized spacial score (nSPS) is 10.3. The van der Waals surface area contributed by atoms with E-state index in [0.29, 0.717) is 17.4 Å². The summed E-state index contributed by atoms with van der Waals surface area (Å²) < 4.78 is 11.8. The molecule has 0 aliphatic rings. The van der Waals surface area contributed by atoms with E-state index in [1.165, 1.54) is 6.92 Å². The molecule has 0 aliphatic heterocycles. The SMILES string of the molecule is CC(=O)Oc1ccc(Cl)c(COc2cccc(Br)c2C)c1. The second-order valence-corrected chi connectivity index (χ2v) is 5.76. The first-order chi connectivity index (χ1) is 9.97. The van der Waals surface area contributed by atoms with Gasteiger partial charge in [0.25, 0.3) is 0 Å². The van der Waals surface area contributed by atoms with Crippen LogP contribution in [0, 0.1) is 6.92 Å². The smallest absolute Gasteiger partial charge is 0.308 e. The molecule has 0 spiro atoms. The number of halogens is 2. The Labute approximate surface area is 137 Å². The largest absolute Gasteiger partial charge is 0.489 e. The van der Waals surface area contributed by atoms with Crippen LogP contribution in [0.1, 0.15) is 18.1 Å². The number of hydrogen-bond donors (Lipinski definition) is 0. The van der Waals surface area contributed by atoms with Gasteiger partial charge in [0, 0.05) is 27.5 Å². The number of rotatable bonds is 4. The fourth-order valence-corrected chi connectivity index (χ4v) is 2.31. The summed E-state index contributed by atoms with van der Waals surface area (Å²) in [6.45, 7) is 3.62. The number of carbonyl (C=O) groups is 1. The molecule has 110 valence electrons. The molecule has 21 heavy (non-hydrogen) atoms. The van der Waals surface area contributed by atoms with Crippen molar-refractivity contribution in [1.29, 1.82) is 0 Å². The van der Waals surface area contributed by atoms with Gasteiger partial charge in [0.1, 0.15) is 18.1 Å². The molecule has 0 amide bonds. The molecule has 0 atom stereocenters. The summed E-state index contributed by atoms with van der Waals surface area (Å²) >= 11 is 9.60. The van der Waals surface area contributed by atoms with Crippen molar-refractivity contribution in [2.45, 2.75) is 20.5 Å². The van der Waals surface area contributed by atoms with Crippen LogP contribution in [0.5, 0.6) is 11.5 Å². The average molecular weight is 370 g/mol. The highest BCUT2D eigenvalue weighted by atomic mass is 79.9. The van der Waals surface area contributed by atoms with Gasteiger partial charge in [0.15, 0.2) is 0 Å². The Kier molecular flexibility index (Phi) is 5.26. The van der Waals surface area contributed by atoms with E-state index >= 15 is 0 Å². The average Bonchev–Trinajstić information content (AvgIpc) is 2.43. The van der Waals surface area contributed by atoms with Gasteiger partial charge >= 0.3 is 5.97 Å². The first-order valence-corrected chi connectivity index (χ1v) is 7.49. The molecule has 3 nitrogen and oxygen atoms in total. The van der Waals surface area contributed by atoms with Crippen molar-refractivity contribution in [2.75, 3.05) is 0 Å². The summed E-state index contributed by atoms with van der Waals surface area (Å²) in [7, 11) is 0. The fraction of sp³-hybridized carbons (Fsp3) is 0.188. The Hall–Kier alpha value is -1.52. The Bertz CT molecular complexity index is 671. The molecule has 0 unspecified atom stereocenters. The topological polar surface area (TPSA) is 35.5 Å². The summed E-state index contributed by atoms with van der Waals surface area (Å²) in [6, 6.07) is 10.8. The molecule has 0 fully saturated rings. The minimum atomic E-state index is -0.368. The highest BCUT2D eigenvalue weighted by Gasteiger charge is 2.08. The second kappa shape index (κ2) is 6.96. The quantitative estimate of drug-likeness (QED) is 0.567. The van der Waals surface area contributed by atoms with Crippen LogP contribution in [-0.4, -0.2) is 5.97 Å². The van der Waals surface area contributed by atoms with Crippen LogP contribution in [0.25, 0.3) is 0 Å². The van der Waals surface area contributed by atoms with Gasteiger partial charge in [-0.15, -0.1) is 0 Å². The van der Waals surface area contributed by atoms with Crippen LogP contribution in [0.4, 0.5) is 0 Å². The molecule has 0 aromatic heterocycles. The monoisotopic (exact) mass is 368 g/mol. The van der Waals surface area contributed by atoms with Crippen LogP contribution >= 0.6 is 27.5 Å². The predicted octanol–water partition coefficient (Wildman–Crippen LogP) is 4.92. The maximum atomic E-state index is 11.0. The maximum absolute atomic E-state index is 11.0. The van der Waals surface area contributed by atoms with Crippen LogP contribution in [0.3, 0.4) is 0 Å². The minimum Gasteiger partial charge on any atom is -0.489 e. The number of ether oxygens (including phenoxy) is 2. The van der Waals surface area contributed by atoms with E-state index in [9.17, 15) is 4.79 Å². The van der Waals surface area contributed by atoms with E-state index in [-0.39, 0.29) is 5.97 Å². The lowest BCUT2D eigenvalue weighted by molar-refractivity contribution is -0.131. The van der Waals surface area contributed by atoms with E-state index in [1.54, 1.807) is 18.2 Å². The molecule has 2 aromatic carbocycles. The minimum absolute atomic E-state index is 0.297. The van der Waals surface area contributed by atoms with Crippen molar-refractivity contribution < 1.29 is 14.3 Å².